The number of anilines is 2. The van der Waals surface area contributed by atoms with Crippen molar-refractivity contribution in [3.63, 3.8) is 0 Å². The van der Waals surface area contributed by atoms with Gasteiger partial charge in [-0.05, 0) is 37.1 Å². The molecular formula is C20H17F3N4O. The zero-order chi connectivity index (χ0) is 20.3. The molecule has 0 unspecified atom stereocenters. The fourth-order valence-electron chi connectivity index (χ4n) is 2.58. The number of aryl methyl sites for hydroxylation is 2. The summed E-state index contributed by atoms with van der Waals surface area (Å²) in [6.07, 6.45) is 0. The minimum Gasteiger partial charge on any atom is -0.366 e. The lowest BCUT2D eigenvalue weighted by Gasteiger charge is -2.11. The van der Waals surface area contributed by atoms with E-state index in [0.29, 0.717) is 18.2 Å². The van der Waals surface area contributed by atoms with Crippen LogP contribution in [0.3, 0.4) is 0 Å². The molecule has 2 N–H and O–H groups in total. The van der Waals surface area contributed by atoms with Crippen LogP contribution in [0.2, 0.25) is 0 Å². The lowest BCUT2D eigenvalue weighted by molar-refractivity contribution is 0.102. The molecule has 0 bridgehead atoms. The van der Waals surface area contributed by atoms with E-state index in [4.69, 9.17) is 0 Å². The monoisotopic (exact) mass is 386 g/mol. The van der Waals surface area contributed by atoms with Crippen LogP contribution in [0.5, 0.6) is 0 Å². The van der Waals surface area contributed by atoms with Crippen molar-refractivity contribution in [2.24, 2.45) is 0 Å². The average molecular weight is 386 g/mol. The fraction of sp³-hybridized carbons (Fsp3) is 0.150. The Balaban J connectivity index is 1.78. The molecular weight excluding hydrogens is 369 g/mol. The maximum absolute atomic E-state index is 13.8. The van der Waals surface area contributed by atoms with Gasteiger partial charge in [0.2, 0.25) is 0 Å². The van der Waals surface area contributed by atoms with E-state index in [0.717, 1.165) is 23.3 Å². The lowest BCUT2D eigenvalue weighted by Crippen LogP contribution is -2.17. The quantitative estimate of drug-likeness (QED) is 0.639. The van der Waals surface area contributed by atoms with Gasteiger partial charge in [-0.1, -0.05) is 24.3 Å². The van der Waals surface area contributed by atoms with Gasteiger partial charge in [-0.2, -0.15) is 0 Å². The second-order valence-corrected chi connectivity index (χ2v) is 6.14. The van der Waals surface area contributed by atoms with Crippen molar-refractivity contribution in [2.45, 2.75) is 20.4 Å². The molecule has 28 heavy (non-hydrogen) atoms. The number of carbonyl (C=O) groups is 1. The maximum Gasteiger partial charge on any atom is 0.274 e. The van der Waals surface area contributed by atoms with Gasteiger partial charge in [0.1, 0.15) is 17.3 Å². The van der Waals surface area contributed by atoms with Crippen molar-refractivity contribution >= 4 is 17.4 Å². The molecule has 1 heterocycles. The number of rotatable bonds is 5. The molecule has 0 aliphatic rings. The summed E-state index contributed by atoms with van der Waals surface area (Å²) in [5, 5.41) is 5.31. The minimum absolute atomic E-state index is 0.0380. The van der Waals surface area contributed by atoms with E-state index < -0.39 is 29.0 Å². The smallest absolute Gasteiger partial charge is 0.274 e. The SMILES string of the molecule is Cc1nc(NCc2ccccc2C)cc(C(=O)Nc2ccc(F)c(F)c2F)n1. The number of hydrogen-bond acceptors (Lipinski definition) is 4. The van der Waals surface area contributed by atoms with E-state index >= 15 is 0 Å². The summed E-state index contributed by atoms with van der Waals surface area (Å²) >= 11 is 0. The van der Waals surface area contributed by atoms with Gasteiger partial charge < -0.3 is 10.6 Å². The van der Waals surface area contributed by atoms with Gasteiger partial charge in [0.25, 0.3) is 5.91 Å². The summed E-state index contributed by atoms with van der Waals surface area (Å²) in [5.41, 5.74) is 1.65. The zero-order valence-corrected chi connectivity index (χ0v) is 15.2. The van der Waals surface area contributed by atoms with Crippen LogP contribution in [0.4, 0.5) is 24.7 Å². The van der Waals surface area contributed by atoms with Crippen LogP contribution in [-0.4, -0.2) is 15.9 Å². The fourth-order valence-corrected chi connectivity index (χ4v) is 2.58. The van der Waals surface area contributed by atoms with Crippen LogP contribution < -0.4 is 10.6 Å². The number of halogens is 3. The van der Waals surface area contributed by atoms with Crippen molar-refractivity contribution in [1.29, 1.82) is 0 Å². The Morgan fingerprint density at radius 2 is 1.75 bits per heavy atom. The lowest BCUT2D eigenvalue weighted by atomic mass is 10.1. The maximum atomic E-state index is 13.8. The number of aromatic nitrogens is 2. The summed E-state index contributed by atoms with van der Waals surface area (Å²) in [5.74, 6) is -4.50. The Bertz CT molecular complexity index is 1040. The van der Waals surface area contributed by atoms with Gasteiger partial charge in [-0.25, -0.2) is 23.1 Å². The first-order chi connectivity index (χ1) is 13.3. The molecule has 144 valence electrons. The highest BCUT2D eigenvalue weighted by Crippen LogP contribution is 2.20. The molecule has 8 heteroatoms. The topological polar surface area (TPSA) is 66.9 Å². The third-order valence-corrected chi connectivity index (χ3v) is 4.08. The Morgan fingerprint density at radius 3 is 2.50 bits per heavy atom. The molecule has 1 aromatic heterocycles. The van der Waals surface area contributed by atoms with Crippen molar-refractivity contribution in [3.05, 3.63) is 82.6 Å². The first kappa shape index (κ1) is 19.3. The summed E-state index contributed by atoms with van der Waals surface area (Å²) in [6.45, 7) is 4.08. The number of benzene rings is 2. The molecule has 3 aromatic rings. The van der Waals surface area contributed by atoms with Crippen molar-refractivity contribution in [3.8, 4) is 0 Å². The molecule has 0 saturated carbocycles. The summed E-state index contributed by atoms with van der Waals surface area (Å²) in [4.78, 5) is 20.6. The standard InChI is InChI=1S/C20H17F3N4O/c1-11-5-3-4-6-13(11)10-24-17-9-16(25-12(2)26-17)20(28)27-15-8-7-14(21)18(22)19(15)23/h3-9H,10H2,1-2H3,(H,27,28)(H,24,25,26). The highest BCUT2D eigenvalue weighted by Gasteiger charge is 2.17. The van der Waals surface area contributed by atoms with E-state index in [2.05, 4.69) is 20.6 Å². The van der Waals surface area contributed by atoms with Crippen LogP contribution in [0.25, 0.3) is 0 Å². The van der Waals surface area contributed by atoms with Gasteiger partial charge in [0.15, 0.2) is 17.5 Å². The van der Waals surface area contributed by atoms with Gasteiger partial charge in [0.05, 0.1) is 5.69 Å². The van der Waals surface area contributed by atoms with Gasteiger partial charge >= 0.3 is 0 Å². The highest BCUT2D eigenvalue weighted by atomic mass is 19.2. The Morgan fingerprint density at radius 1 is 1.00 bits per heavy atom. The molecule has 0 aliphatic carbocycles. The van der Waals surface area contributed by atoms with Crippen LogP contribution in [0.1, 0.15) is 27.4 Å². The Labute approximate surface area is 159 Å². The summed E-state index contributed by atoms with van der Waals surface area (Å²) in [6, 6.07) is 10.9. The molecule has 1 amide bonds. The molecule has 3 rings (SSSR count). The van der Waals surface area contributed by atoms with Gasteiger partial charge in [-0.3, -0.25) is 4.79 Å². The highest BCUT2D eigenvalue weighted by molar-refractivity contribution is 6.03. The van der Waals surface area contributed by atoms with Crippen molar-refractivity contribution < 1.29 is 18.0 Å². The molecule has 0 aliphatic heterocycles. The molecule has 0 saturated heterocycles. The van der Waals surface area contributed by atoms with Crippen molar-refractivity contribution in [2.75, 3.05) is 10.6 Å². The molecule has 2 aromatic carbocycles. The Kier molecular flexibility index (Phi) is 5.58. The van der Waals surface area contributed by atoms with Crippen LogP contribution in [-0.2, 0) is 6.54 Å². The summed E-state index contributed by atoms with van der Waals surface area (Å²) in [7, 11) is 0. The average Bonchev–Trinajstić information content (AvgIpc) is 2.67. The second kappa shape index (κ2) is 8.08. The molecule has 0 spiro atoms. The summed E-state index contributed by atoms with van der Waals surface area (Å²) < 4.78 is 40.1. The van der Waals surface area contributed by atoms with E-state index in [-0.39, 0.29) is 5.69 Å². The first-order valence-electron chi connectivity index (χ1n) is 8.44. The number of hydrogen-bond donors (Lipinski definition) is 2. The van der Waals surface area contributed by atoms with Crippen LogP contribution in [0, 0.1) is 31.3 Å². The predicted octanol–water partition coefficient (Wildman–Crippen LogP) is 4.38. The van der Waals surface area contributed by atoms with E-state index in [1.807, 2.05) is 31.2 Å². The van der Waals surface area contributed by atoms with E-state index in [1.165, 1.54) is 6.07 Å². The normalized spacial score (nSPS) is 10.6. The minimum atomic E-state index is -1.66. The largest absolute Gasteiger partial charge is 0.366 e. The molecule has 5 nitrogen and oxygen atoms in total. The number of amides is 1. The molecule has 0 radical (unpaired) electrons. The molecule has 0 fully saturated rings. The Hall–Kier alpha value is -3.42. The predicted molar refractivity (Wildman–Crippen MR) is 99.5 cm³/mol. The zero-order valence-electron chi connectivity index (χ0n) is 15.2. The van der Waals surface area contributed by atoms with E-state index in [9.17, 15) is 18.0 Å². The van der Waals surface area contributed by atoms with Gasteiger partial charge in [0, 0.05) is 12.6 Å². The molecule has 0 atom stereocenters. The number of nitrogens with zero attached hydrogens (tertiary/aromatic N) is 2. The van der Waals surface area contributed by atoms with Gasteiger partial charge in [-0.15, -0.1) is 0 Å². The van der Waals surface area contributed by atoms with Crippen LogP contribution >= 0.6 is 0 Å². The van der Waals surface area contributed by atoms with E-state index in [1.54, 1.807) is 6.92 Å². The van der Waals surface area contributed by atoms with Crippen molar-refractivity contribution in [1.82, 2.24) is 9.97 Å². The second-order valence-electron chi connectivity index (χ2n) is 6.14. The number of nitrogens with one attached hydrogen (secondary N) is 2. The number of carbonyl (C=O) groups excluding carboxylic acids is 1. The third kappa shape index (κ3) is 4.28. The first-order valence-corrected chi connectivity index (χ1v) is 8.44. The van der Waals surface area contributed by atoms with Crippen LogP contribution in [0.15, 0.2) is 42.5 Å². The third-order valence-electron chi connectivity index (χ3n) is 4.08.